The second-order valence-electron chi connectivity index (χ2n) is 10.7. The summed E-state index contributed by atoms with van der Waals surface area (Å²) < 4.78 is 34.0. The molecule has 13 heteroatoms. The third kappa shape index (κ3) is 6.31. The Balaban J connectivity index is 1.68. The summed E-state index contributed by atoms with van der Waals surface area (Å²) in [5, 5.41) is 2.87. The molecule has 0 bridgehead atoms. The molecule has 216 valence electrons. The summed E-state index contributed by atoms with van der Waals surface area (Å²) in [6.07, 6.45) is 1.79. The van der Waals surface area contributed by atoms with Gasteiger partial charge >= 0.3 is 12.0 Å². The Labute approximate surface area is 244 Å². The lowest BCUT2D eigenvalue weighted by molar-refractivity contribution is -0.152. The highest BCUT2D eigenvalue weighted by Gasteiger charge is 2.38. The van der Waals surface area contributed by atoms with Crippen molar-refractivity contribution < 1.29 is 27.5 Å². The zero-order chi connectivity index (χ0) is 29.4. The van der Waals surface area contributed by atoms with Gasteiger partial charge in [0.25, 0.3) is 10.0 Å². The van der Waals surface area contributed by atoms with Crippen LogP contribution in [-0.4, -0.2) is 69.6 Å². The summed E-state index contributed by atoms with van der Waals surface area (Å²) >= 11 is 12.2. The summed E-state index contributed by atoms with van der Waals surface area (Å²) in [4.78, 5) is 41.5. The number of esters is 1. The van der Waals surface area contributed by atoms with Gasteiger partial charge in [0.1, 0.15) is 18.2 Å². The number of benzene rings is 2. The lowest BCUT2D eigenvalue weighted by Gasteiger charge is -2.29. The molecular weight excluding hydrogens is 579 g/mol. The van der Waals surface area contributed by atoms with Gasteiger partial charge in [-0.05, 0) is 82.0 Å². The first-order chi connectivity index (χ1) is 18.7. The van der Waals surface area contributed by atoms with Crippen molar-refractivity contribution in [2.45, 2.75) is 56.6 Å². The molecule has 4 rings (SSSR count). The number of hydrogen-bond acceptors (Lipinski definition) is 6. The average molecular weight is 612 g/mol. The van der Waals surface area contributed by atoms with E-state index in [1.54, 1.807) is 55.8 Å². The number of rotatable bonds is 6. The van der Waals surface area contributed by atoms with E-state index in [1.807, 2.05) is 0 Å². The smallest absolute Gasteiger partial charge is 0.327 e. The molecule has 3 amide bonds. The van der Waals surface area contributed by atoms with E-state index in [1.165, 1.54) is 18.2 Å². The van der Waals surface area contributed by atoms with Crippen LogP contribution in [0.3, 0.4) is 0 Å². The number of likely N-dealkylation sites (tertiary alicyclic amines) is 1. The number of urea groups is 1. The predicted molar refractivity (Wildman–Crippen MR) is 154 cm³/mol. The fourth-order valence-electron chi connectivity index (χ4n) is 4.94. The van der Waals surface area contributed by atoms with Crippen LogP contribution in [0.2, 0.25) is 10.0 Å². The van der Waals surface area contributed by atoms with Crippen LogP contribution in [0.5, 0.6) is 0 Å². The van der Waals surface area contributed by atoms with Crippen molar-refractivity contribution in [1.29, 1.82) is 0 Å². The molecule has 40 heavy (non-hydrogen) atoms. The number of carbonyl (C=O) groups excluding carboxylic acids is 3. The largest absolute Gasteiger partial charge is 0.459 e. The molecule has 0 aromatic heterocycles. The quantitative estimate of drug-likeness (QED) is 0.489. The van der Waals surface area contributed by atoms with Crippen LogP contribution in [0.4, 0.5) is 16.2 Å². The normalized spacial score (nSPS) is 17.0. The van der Waals surface area contributed by atoms with E-state index in [2.05, 4.69) is 5.32 Å². The van der Waals surface area contributed by atoms with E-state index < -0.39 is 34.2 Å². The summed E-state index contributed by atoms with van der Waals surface area (Å²) in [7, 11) is -2.75. The minimum Gasteiger partial charge on any atom is -0.459 e. The summed E-state index contributed by atoms with van der Waals surface area (Å²) in [6, 6.07) is 7.98. The molecule has 0 aliphatic carbocycles. The topological polar surface area (TPSA) is 116 Å². The first-order valence-corrected chi connectivity index (χ1v) is 15.0. The van der Waals surface area contributed by atoms with E-state index in [0.29, 0.717) is 31.6 Å². The van der Waals surface area contributed by atoms with Gasteiger partial charge in [0.2, 0.25) is 5.91 Å². The zero-order valence-corrected chi connectivity index (χ0v) is 25.1. The second kappa shape index (κ2) is 11.5. The Kier molecular flexibility index (Phi) is 8.58. The zero-order valence-electron chi connectivity index (χ0n) is 22.7. The maximum absolute atomic E-state index is 13.8. The molecule has 1 N–H and O–H groups in total. The van der Waals surface area contributed by atoms with E-state index in [-0.39, 0.29) is 32.6 Å². The SMILES string of the molecule is CNC(=O)C1CCCN1C(=O)N1CCc2cc(N(CC(=O)OC(C)(C)C)S(=O)(=O)c3cc(Cl)cc(Cl)c3)ccc21. The third-order valence-electron chi connectivity index (χ3n) is 6.64. The fourth-order valence-corrected chi connectivity index (χ4v) is 7.07. The number of hydrogen-bond donors (Lipinski definition) is 1. The van der Waals surface area contributed by atoms with Crippen LogP contribution >= 0.6 is 23.2 Å². The summed E-state index contributed by atoms with van der Waals surface area (Å²) in [5.41, 5.74) is 0.749. The lowest BCUT2D eigenvalue weighted by Crippen LogP contribution is -2.50. The van der Waals surface area contributed by atoms with Crippen molar-refractivity contribution in [3.8, 4) is 0 Å². The fraction of sp³-hybridized carbons (Fsp3) is 0.444. The van der Waals surface area contributed by atoms with Gasteiger partial charge in [-0.2, -0.15) is 0 Å². The molecule has 0 radical (unpaired) electrons. The van der Waals surface area contributed by atoms with Crippen molar-refractivity contribution in [2.75, 3.05) is 35.9 Å². The van der Waals surface area contributed by atoms with Crippen molar-refractivity contribution in [3.63, 3.8) is 0 Å². The highest BCUT2D eigenvalue weighted by atomic mass is 35.5. The molecule has 0 spiro atoms. The maximum Gasteiger partial charge on any atom is 0.327 e. The van der Waals surface area contributed by atoms with E-state index in [4.69, 9.17) is 27.9 Å². The van der Waals surface area contributed by atoms with Crippen LogP contribution in [0.15, 0.2) is 41.3 Å². The Hall–Kier alpha value is -3.02. The van der Waals surface area contributed by atoms with Crippen LogP contribution < -0.4 is 14.5 Å². The molecule has 1 unspecified atom stereocenters. The van der Waals surface area contributed by atoms with Gasteiger partial charge < -0.3 is 15.0 Å². The summed E-state index contributed by atoms with van der Waals surface area (Å²) in [5.74, 6) is -0.944. The van der Waals surface area contributed by atoms with Crippen LogP contribution in [-0.2, 0) is 30.8 Å². The van der Waals surface area contributed by atoms with Crippen molar-refractivity contribution in [2.24, 2.45) is 0 Å². The monoisotopic (exact) mass is 610 g/mol. The summed E-state index contributed by atoms with van der Waals surface area (Å²) in [6.45, 7) is 5.33. The Morgan fingerprint density at radius 1 is 1.07 bits per heavy atom. The predicted octanol–water partition coefficient (Wildman–Crippen LogP) is 4.22. The van der Waals surface area contributed by atoms with Gasteiger partial charge in [-0.1, -0.05) is 23.2 Å². The number of ether oxygens (including phenoxy) is 1. The number of halogens is 2. The standard InChI is InChI=1S/C27H32Cl2N4O6S/c1-27(2,3)39-24(34)16-33(40(37,38)21-14-18(28)13-19(29)15-21)20-7-8-22-17(12-20)9-11-32(22)26(36)31-10-5-6-23(31)25(35)30-4/h7-8,12-15,23H,5-6,9-11,16H2,1-4H3,(H,30,35). The minimum atomic E-state index is -4.30. The van der Waals surface area contributed by atoms with Gasteiger partial charge in [-0.15, -0.1) is 0 Å². The van der Waals surface area contributed by atoms with Gasteiger partial charge in [-0.25, -0.2) is 13.2 Å². The second-order valence-corrected chi connectivity index (χ2v) is 13.4. The number of anilines is 2. The van der Waals surface area contributed by atoms with Crippen molar-refractivity contribution in [3.05, 3.63) is 52.0 Å². The molecule has 2 aromatic rings. The number of fused-ring (bicyclic) bond motifs is 1. The molecule has 2 aliphatic heterocycles. The highest BCUT2D eigenvalue weighted by molar-refractivity contribution is 7.92. The number of carbonyl (C=O) groups is 3. The molecule has 2 aromatic carbocycles. The number of nitrogens with zero attached hydrogens (tertiary/aromatic N) is 3. The van der Waals surface area contributed by atoms with E-state index in [0.717, 1.165) is 16.3 Å². The first-order valence-electron chi connectivity index (χ1n) is 12.8. The minimum absolute atomic E-state index is 0.128. The molecule has 1 fully saturated rings. The molecule has 0 saturated carbocycles. The van der Waals surface area contributed by atoms with E-state index >= 15 is 0 Å². The van der Waals surface area contributed by atoms with Crippen molar-refractivity contribution >= 4 is 62.5 Å². The van der Waals surface area contributed by atoms with Gasteiger partial charge in [0, 0.05) is 35.9 Å². The van der Waals surface area contributed by atoms with Gasteiger partial charge in [0.05, 0.1) is 10.6 Å². The Morgan fingerprint density at radius 3 is 2.38 bits per heavy atom. The number of nitrogens with one attached hydrogen (secondary N) is 1. The Morgan fingerprint density at radius 2 is 1.75 bits per heavy atom. The first kappa shape index (κ1) is 30.0. The lowest BCUT2D eigenvalue weighted by atomic mass is 10.1. The van der Waals surface area contributed by atoms with E-state index in [9.17, 15) is 22.8 Å². The van der Waals surface area contributed by atoms with Crippen LogP contribution in [0.25, 0.3) is 0 Å². The number of amides is 3. The molecule has 1 saturated heterocycles. The number of likely N-dealkylation sites (N-methyl/N-ethyl adjacent to an activating group) is 1. The molecular formula is C27H32Cl2N4O6S. The molecule has 2 heterocycles. The molecule has 1 atom stereocenters. The average Bonchev–Trinajstić information content (AvgIpc) is 3.52. The van der Waals surface area contributed by atoms with Crippen LogP contribution in [0.1, 0.15) is 39.2 Å². The number of sulfonamides is 1. The highest BCUT2D eigenvalue weighted by Crippen LogP contribution is 2.36. The maximum atomic E-state index is 13.8. The van der Waals surface area contributed by atoms with Gasteiger partial charge in [-0.3, -0.25) is 18.8 Å². The molecule has 10 nitrogen and oxygen atoms in total. The Bertz CT molecular complexity index is 1420. The van der Waals surface area contributed by atoms with Crippen LogP contribution in [0, 0.1) is 0 Å². The van der Waals surface area contributed by atoms with Gasteiger partial charge in [0.15, 0.2) is 0 Å². The molecule has 2 aliphatic rings. The van der Waals surface area contributed by atoms with Crippen molar-refractivity contribution in [1.82, 2.24) is 10.2 Å². The third-order valence-corrected chi connectivity index (χ3v) is 8.83.